The second-order valence-electron chi connectivity index (χ2n) is 6.87. The van der Waals surface area contributed by atoms with Crippen molar-refractivity contribution in [1.82, 2.24) is 14.7 Å². The Kier molecular flexibility index (Phi) is 6.24. The summed E-state index contributed by atoms with van der Waals surface area (Å²) in [7, 11) is 0. The number of thiophene rings is 1. The number of likely N-dealkylation sites (N-methyl/N-ethyl adjacent to an activating group) is 1. The third kappa shape index (κ3) is 4.73. The highest BCUT2D eigenvalue weighted by Gasteiger charge is 2.24. The molecule has 2 aromatic heterocycles. The van der Waals surface area contributed by atoms with Crippen LogP contribution >= 0.6 is 11.3 Å². The van der Waals surface area contributed by atoms with Gasteiger partial charge in [0.05, 0.1) is 10.6 Å². The van der Waals surface area contributed by atoms with Gasteiger partial charge in [-0.2, -0.15) is 5.10 Å². The molecule has 4 aromatic rings. The predicted octanol–water partition coefficient (Wildman–Crippen LogP) is 4.70. The molecule has 0 saturated heterocycles. The first-order valence-electron chi connectivity index (χ1n) is 9.99. The SMILES string of the molecule is CCN(CC(=O)Nc1ccccc1)C(=O)c1cc(-c2cccs2)nn1-c1ccccc1. The van der Waals surface area contributed by atoms with Crippen LogP contribution in [0.3, 0.4) is 0 Å². The topological polar surface area (TPSA) is 67.2 Å². The number of carbonyl (C=O) groups excluding carboxylic acids is 2. The molecule has 4 rings (SSSR count). The lowest BCUT2D eigenvalue weighted by Crippen LogP contribution is -2.38. The first kappa shape index (κ1) is 20.6. The van der Waals surface area contributed by atoms with E-state index >= 15 is 0 Å². The van der Waals surface area contributed by atoms with Crippen molar-refractivity contribution in [3.63, 3.8) is 0 Å². The summed E-state index contributed by atoms with van der Waals surface area (Å²) in [6.45, 7) is 2.21. The normalized spacial score (nSPS) is 10.6. The van der Waals surface area contributed by atoms with Gasteiger partial charge in [-0.25, -0.2) is 4.68 Å². The third-order valence-corrected chi connectivity index (χ3v) is 5.66. The summed E-state index contributed by atoms with van der Waals surface area (Å²) in [4.78, 5) is 28.5. The van der Waals surface area contributed by atoms with Gasteiger partial charge in [0.15, 0.2) is 0 Å². The molecule has 2 aromatic carbocycles. The molecular formula is C24H22N4O2S. The molecule has 0 bridgehead atoms. The Hall–Kier alpha value is -3.71. The lowest BCUT2D eigenvalue weighted by molar-refractivity contribution is -0.116. The molecule has 0 fully saturated rings. The highest BCUT2D eigenvalue weighted by molar-refractivity contribution is 7.13. The van der Waals surface area contributed by atoms with Crippen molar-refractivity contribution in [1.29, 1.82) is 0 Å². The molecule has 0 aliphatic carbocycles. The summed E-state index contributed by atoms with van der Waals surface area (Å²) < 4.78 is 1.65. The predicted molar refractivity (Wildman–Crippen MR) is 124 cm³/mol. The maximum atomic E-state index is 13.4. The number of carbonyl (C=O) groups is 2. The maximum absolute atomic E-state index is 13.4. The van der Waals surface area contributed by atoms with E-state index in [-0.39, 0.29) is 18.4 Å². The van der Waals surface area contributed by atoms with E-state index in [0.29, 0.717) is 17.9 Å². The summed E-state index contributed by atoms with van der Waals surface area (Å²) >= 11 is 1.57. The van der Waals surface area contributed by atoms with Gasteiger partial charge in [0, 0.05) is 12.2 Å². The number of para-hydroxylation sites is 2. The minimum atomic E-state index is -0.245. The summed E-state index contributed by atoms with van der Waals surface area (Å²) in [6.07, 6.45) is 0. The minimum absolute atomic E-state index is 0.0431. The zero-order valence-corrected chi connectivity index (χ0v) is 17.9. The Balaban J connectivity index is 1.62. The quantitative estimate of drug-likeness (QED) is 0.462. The molecule has 2 heterocycles. The van der Waals surface area contributed by atoms with Gasteiger partial charge in [-0.1, -0.05) is 42.5 Å². The average molecular weight is 431 g/mol. The largest absolute Gasteiger partial charge is 0.328 e. The molecule has 7 heteroatoms. The zero-order valence-electron chi connectivity index (χ0n) is 17.1. The van der Waals surface area contributed by atoms with E-state index in [1.807, 2.05) is 85.1 Å². The van der Waals surface area contributed by atoms with E-state index in [1.165, 1.54) is 4.90 Å². The first-order chi connectivity index (χ1) is 15.2. The van der Waals surface area contributed by atoms with Crippen LogP contribution in [0.5, 0.6) is 0 Å². The van der Waals surface area contributed by atoms with E-state index in [4.69, 9.17) is 0 Å². The lowest BCUT2D eigenvalue weighted by atomic mass is 10.2. The molecule has 2 amide bonds. The van der Waals surface area contributed by atoms with Crippen molar-refractivity contribution in [2.75, 3.05) is 18.4 Å². The van der Waals surface area contributed by atoms with Crippen LogP contribution in [0.25, 0.3) is 16.3 Å². The van der Waals surface area contributed by atoms with Crippen molar-refractivity contribution < 1.29 is 9.59 Å². The van der Waals surface area contributed by atoms with Crippen LogP contribution in [0.4, 0.5) is 5.69 Å². The van der Waals surface area contributed by atoms with E-state index in [0.717, 1.165) is 16.3 Å². The summed E-state index contributed by atoms with van der Waals surface area (Å²) in [6, 6.07) is 24.5. The van der Waals surface area contributed by atoms with Crippen LogP contribution in [-0.4, -0.2) is 39.6 Å². The fourth-order valence-electron chi connectivity index (χ4n) is 3.23. The Morgan fingerprint density at radius 2 is 1.71 bits per heavy atom. The fraction of sp³-hybridized carbons (Fsp3) is 0.125. The lowest BCUT2D eigenvalue weighted by Gasteiger charge is -2.20. The summed E-state index contributed by atoms with van der Waals surface area (Å²) in [5.41, 5.74) is 2.64. The molecular weight excluding hydrogens is 408 g/mol. The second-order valence-corrected chi connectivity index (χ2v) is 7.82. The van der Waals surface area contributed by atoms with Gasteiger partial charge < -0.3 is 10.2 Å². The fourth-order valence-corrected chi connectivity index (χ4v) is 3.91. The molecule has 0 radical (unpaired) electrons. The molecule has 0 aliphatic heterocycles. The first-order valence-corrected chi connectivity index (χ1v) is 10.9. The summed E-state index contributed by atoms with van der Waals surface area (Å²) in [5, 5.41) is 9.50. The van der Waals surface area contributed by atoms with Gasteiger partial charge in [0.25, 0.3) is 5.91 Å². The van der Waals surface area contributed by atoms with Crippen molar-refractivity contribution in [2.24, 2.45) is 0 Å². The van der Waals surface area contributed by atoms with Crippen LogP contribution in [-0.2, 0) is 4.79 Å². The highest BCUT2D eigenvalue weighted by atomic mass is 32.1. The van der Waals surface area contributed by atoms with E-state index in [9.17, 15) is 9.59 Å². The van der Waals surface area contributed by atoms with Gasteiger partial charge >= 0.3 is 0 Å². The number of nitrogens with one attached hydrogen (secondary N) is 1. The van der Waals surface area contributed by atoms with Gasteiger partial charge in [-0.05, 0) is 48.7 Å². The molecule has 0 spiro atoms. The molecule has 31 heavy (non-hydrogen) atoms. The molecule has 0 atom stereocenters. The Morgan fingerprint density at radius 1 is 1.00 bits per heavy atom. The minimum Gasteiger partial charge on any atom is -0.328 e. The van der Waals surface area contributed by atoms with Crippen LogP contribution < -0.4 is 5.32 Å². The number of rotatable bonds is 7. The van der Waals surface area contributed by atoms with Gasteiger partial charge in [0.1, 0.15) is 17.9 Å². The van der Waals surface area contributed by atoms with Crippen LogP contribution in [0.1, 0.15) is 17.4 Å². The summed E-state index contributed by atoms with van der Waals surface area (Å²) in [5.74, 6) is -0.490. The molecule has 1 N–H and O–H groups in total. The second kappa shape index (κ2) is 9.40. The van der Waals surface area contributed by atoms with E-state index in [2.05, 4.69) is 10.4 Å². The van der Waals surface area contributed by atoms with Crippen molar-refractivity contribution in [3.05, 3.63) is 89.9 Å². The van der Waals surface area contributed by atoms with Crippen LogP contribution in [0.2, 0.25) is 0 Å². The maximum Gasteiger partial charge on any atom is 0.273 e. The van der Waals surface area contributed by atoms with Crippen molar-refractivity contribution in [3.8, 4) is 16.3 Å². The van der Waals surface area contributed by atoms with Gasteiger partial charge in [0.2, 0.25) is 5.91 Å². The third-order valence-electron chi connectivity index (χ3n) is 4.76. The number of amides is 2. The van der Waals surface area contributed by atoms with Gasteiger partial charge in [-0.3, -0.25) is 9.59 Å². The van der Waals surface area contributed by atoms with Gasteiger partial charge in [-0.15, -0.1) is 11.3 Å². The number of anilines is 1. The Labute approximate surface area is 184 Å². The zero-order chi connectivity index (χ0) is 21.6. The number of hydrogen-bond acceptors (Lipinski definition) is 4. The average Bonchev–Trinajstić information content (AvgIpc) is 3.48. The highest BCUT2D eigenvalue weighted by Crippen LogP contribution is 2.26. The number of benzene rings is 2. The molecule has 6 nitrogen and oxygen atoms in total. The number of hydrogen-bond donors (Lipinski definition) is 1. The monoisotopic (exact) mass is 430 g/mol. The molecule has 156 valence electrons. The van der Waals surface area contributed by atoms with Crippen molar-refractivity contribution in [2.45, 2.75) is 6.92 Å². The van der Waals surface area contributed by atoms with Crippen LogP contribution in [0, 0.1) is 0 Å². The number of aromatic nitrogens is 2. The van der Waals surface area contributed by atoms with E-state index in [1.54, 1.807) is 22.1 Å². The Bertz CT molecular complexity index is 1160. The van der Waals surface area contributed by atoms with E-state index < -0.39 is 0 Å². The Morgan fingerprint density at radius 3 is 2.35 bits per heavy atom. The smallest absolute Gasteiger partial charge is 0.273 e. The number of nitrogens with zero attached hydrogens (tertiary/aromatic N) is 3. The van der Waals surface area contributed by atoms with Crippen molar-refractivity contribution >= 4 is 28.8 Å². The molecule has 0 saturated carbocycles. The molecule has 0 aliphatic rings. The molecule has 0 unspecified atom stereocenters. The standard InChI is InChI=1S/C24H22N4O2S/c1-2-27(17-23(29)25-18-10-5-3-6-11-18)24(30)21-16-20(22-14-9-15-31-22)26-28(21)19-12-7-4-8-13-19/h3-16H,2,17H2,1H3,(H,25,29). The van der Waals surface area contributed by atoms with Crippen LogP contribution in [0.15, 0.2) is 84.2 Å².